The molecule has 0 spiro atoms. The molecule has 0 aliphatic carbocycles. The van der Waals surface area contributed by atoms with Gasteiger partial charge in [0.15, 0.2) is 0 Å². The maximum Gasteiger partial charge on any atom is 0.127 e. The van der Waals surface area contributed by atoms with Crippen molar-refractivity contribution in [3.05, 3.63) is 71.8 Å². The summed E-state index contributed by atoms with van der Waals surface area (Å²) in [5.41, 5.74) is 2.99. The summed E-state index contributed by atoms with van der Waals surface area (Å²) in [5.74, 6) is 0.444. The molecule has 0 aliphatic rings. The Labute approximate surface area is 140 Å². The van der Waals surface area contributed by atoms with Crippen LogP contribution in [-0.4, -0.2) is 10.2 Å². The van der Waals surface area contributed by atoms with E-state index in [1.54, 1.807) is 0 Å². The predicted octanol–water partition coefficient (Wildman–Crippen LogP) is 5.69. The number of hydrogen-bond acceptors (Lipinski definition) is 2. The average Bonchev–Trinajstić information content (AvgIpc) is 2.58. The number of rotatable bonds is 1. The molecule has 0 aromatic heterocycles. The molecular formula is C22H18O2. The summed E-state index contributed by atoms with van der Waals surface area (Å²) in [6.45, 7) is 3.78. The molecular weight excluding hydrogens is 296 g/mol. The fraction of sp³-hybridized carbons (Fsp3) is 0.0909. The summed E-state index contributed by atoms with van der Waals surface area (Å²) in [5, 5.41) is 25.6. The molecule has 0 bridgehead atoms. The Morgan fingerprint density at radius 2 is 0.958 bits per heavy atom. The lowest BCUT2D eigenvalue weighted by Crippen LogP contribution is -1.90. The Kier molecular flexibility index (Phi) is 3.20. The quantitative estimate of drug-likeness (QED) is 0.474. The van der Waals surface area contributed by atoms with E-state index in [0.29, 0.717) is 11.1 Å². The average molecular weight is 314 g/mol. The Bertz CT molecular complexity index is 1000. The van der Waals surface area contributed by atoms with Gasteiger partial charge in [0, 0.05) is 11.1 Å². The number of hydrogen-bond donors (Lipinski definition) is 2. The van der Waals surface area contributed by atoms with E-state index in [-0.39, 0.29) is 11.5 Å². The van der Waals surface area contributed by atoms with Crippen molar-refractivity contribution in [1.29, 1.82) is 0 Å². The van der Waals surface area contributed by atoms with Gasteiger partial charge in [-0.1, -0.05) is 48.5 Å². The van der Waals surface area contributed by atoms with Crippen LogP contribution in [0.15, 0.2) is 60.7 Å². The molecule has 24 heavy (non-hydrogen) atoms. The molecule has 0 heterocycles. The first-order chi connectivity index (χ1) is 11.6. The van der Waals surface area contributed by atoms with Crippen LogP contribution in [0.5, 0.6) is 11.5 Å². The molecule has 0 atom stereocenters. The van der Waals surface area contributed by atoms with Crippen LogP contribution in [0.1, 0.15) is 11.1 Å². The highest BCUT2D eigenvalue weighted by Crippen LogP contribution is 2.46. The van der Waals surface area contributed by atoms with Gasteiger partial charge in [-0.3, -0.25) is 0 Å². The normalized spacial score (nSPS) is 11.2. The third-order valence-electron chi connectivity index (χ3n) is 4.67. The minimum absolute atomic E-state index is 0.222. The first kappa shape index (κ1) is 14.6. The summed E-state index contributed by atoms with van der Waals surface area (Å²) in [6, 6.07) is 19.9. The fourth-order valence-electron chi connectivity index (χ4n) is 3.46. The summed E-state index contributed by atoms with van der Waals surface area (Å²) >= 11 is 0. The van der Waals surface area contributed by atoms with E-state index in [0.717, 1.165) is 32.7 Å². The summed E-state index contributed by atoms with van der Waals surface area (Å²) in [6.07, 6.45) is 0. The van der Waals surface area contributed by atoms with Gasteiger partial charge in [0.05, 0.1) is 0 Å². The number of aromatic hydroxyl groups is 2. The minimum Gasteiger partial charge on any atom is -0.507 e. The van der Waals surface area contributed by atoms with Crippen molar-refractivity contribution in [2.75, 3.05) is 0 Å². The van der Waals surface area contributed by atoms with Crippen molar-refractivity contribution in [1.82, 2.24) is 0 Å². The van der Waals surface area contributed by atoms with Gasteiger partial charge in [0.25, 0.3) is 0 Å². The molecule has 0 unspecified atom stereocenters. The van der Waals surface area contributed by atoms with E-state index in [2.05, 4.69) is 0 Å². The number of aryl methyl sites for hydroxylation is 2. The third kappa shape index (κ3) is 2.04. The molecule has 0 fully saturated rings. The van der Waals surface area contributed by atoms with E-state index < -0.39 is 0 Å². The fourth-order valence-corrected chi connectivity index (χ4v) is 3.46. The highest BCUT2D eigenvalue weighted by atomic mass is 16.3. The highest BCUT2D eigenvalue weighted by molar-refractivity contribution is 6.10. The van der Waals surface area contributed by atoms with Crippen LogP contribution in [-0.2, 0) is 0 Å². The van der Waals surface area contributed by atoms with Crippen LogP contribution < -0.4 is 0 Å². The lowest BCUT2D eigenvalue weighted by atomic mass is 9.89. The molecule has 2 heteroatoms. The molecule has 0 saturated heterocycles. The van der Waals surface area contributed by atoms with Crippen LogP contribution in [0.4, 0.5) is 0 Å². The topological polar surface area (TPSA) is 40.5 Å². The van der Waals surface area contributed by atoms with Gasteiger partial charge in [-0.05, 0) is 58.7 Å². The minimum atomic E-state index is 0.222. The molecule has 4 rings (SSSR count). The van der Waals surface area contributed by atoms with Crippen molar-refractivity contribution < 1.29 is 10.2 Å². The van der Waals surface area contributed by atoms with E-state index in [9.17, 15) is 10.2 Å². The van der Waals surface area contributed by atoms with Gasteiger partial charge >= 0.3 is 0 Å². The molecule has 2 nitrogen and oxygen atoms in total. The van der Waals surface area contributed by atoms with Crippen molar-refractivity contribution in [2.45, 2.75) is 13.8 Å². The van der Waals surface area contributed by atoms with E-state index in [4.69, 9.17) is 0 Å². The Morgan fingerprint density at radius 1 is 0.583 bits per heavy atom. The van der Waals surface area contributed by atoms with Crippen LogP contribution >= 0.6 is 0 Å². The molecule has 0 amide bonds. The SMILES string of the molecule is Cc1cc2ccccc2c(-c2c(O)c(C)cc3ccccc23)c1O. The van der Waals surface area contributed by atoms with Crippen molar-refractivity contribution in [3.8, 4) is 22.6 Å². The summed E-state index contributed by atoms with van der Waals surface area (Å²) < 4.78 is 0. The zero-order valence-electron chi connectivity index (χ0n) is 13.7. The lowest BCUT2D eigenvalue weighted by Gasteiger charge is -2.17. The first-order valence-electron chi connectivity index (χ1n) is 8.01. The molecule has 4 aromatic carbocycles. The molecule has 0 saturated carbocycles. The smallest absolute Gasteiger partial charge is 0.127 e. The predicted molar refractivity (Wildman–Crippen MR) is 99.7 cm³/mol. The Morgan fingerprint density at radius 3 is 1.38 bits per heavy atom. The van der Waals surface area contributed by atoms with Crippen LogP contribution in [0, 0.1) is 13.8 Å². The molecule has 0 radical (unpaired) electrons. The van der Waals surface area contributed by atoms with Crippen molar-refractivity contribution >= 4 is 21.5 Å². The third-order valence-corrected chi connectivity index (χ3v) is 4.67. The Hall–Kier alpha value is -3.00. The maximum atomic E-state index is 10.8. The van der Waals surface area contributed by atoms with Gasteiger partial charge in [-0.2, -0.15) is 0 Å². The zero-order chi connectivity index (χ0) is 16.8. The first-order valence-corrected chi connectivity index (χ1v) is 8.01. The molecule has 118 valence electrons. The monoisotopic (exact) mass is 314 g/mol. The van der Waals surface area contributed by atoms with Crippen LogP contribution in [0.3, 0.4) is 0 Å². The molecule has 4 aromatic rings. The van der Waals surface area contributed by atoms with Crippen LogP contribution in [0.25, 0.3) is 32.7 Å². The van der Waals surface area contributed by atoms with E-state index in [1.807, 2.05) is 74.5 Å². The second kappa shape index (κ2) is 5.27. The molecule has 2 N–H and O–H groups in total. The second-order valence-electron chi connectivity index (χ2n) is 6.28. The van der Waals surface area contributed by atoms with Gasteiger partial charge < -0.3 is 10.2 Å². The largest absolute Gasteiger partial charge is 0.507 e. The summed E-state index contributed by atoms with van der Waals surface area (Å²) in [4.78, 5) is 0. The van der Waals surface area contributed by atoms with E-state index >= 15 is 0 Å². The number of phenols is 2. The van der Waals surface area contributed by atoms with Crippen molar-refractivity contribution in [3.63, 3.8) is 0 Å². The van der Waals surface area contributed by atoms with Gasteiger partial charge in [0.2, 0.25) is 0 Å². The highest BCUT2D eigenvalue weighted by Gasteiger charge is 2.19. The number of phenolic OH excluding ortho intramolecular Hbond substituents is 2. The van der Waals surface area contributed by atoms with Gasteiger partial charge in [-0.15, -0.1) is 0 Å². The van der Waals surface area contributed by atoms with Gasteiger partial charge in [-0.25, -0.2) is 0 Å². The Balaban J connectivity index is 2.26. The van der Waals surface area contributed by atoms with Gasteiger partial charge in [0.1, 0.15) is 11.5 Å². The standard InChI is InChI=1S/C22H18O2/c1-13-11-15-7-3-5-9-17(15)19(21(13)23)20-18-10-6-4-8-16(18)12-14(2)22(20)24/h3-12,23-24H,1-2H3. The maximum absolute atomic E-state index is 10.8. The summed E-state index contributed by atoms with van der Waals surface area (Å²) in [7, 11) is 0. The van der Waals surface area contributed by atoms with Crippen molar-refractivity contribution in [2.24, 2.45) is 0 Å². The van der Waals surface area contributed by atoms with E-state index in [1.165, 1.54) is 0 Å². The lowest BCUT2D eigenvalue weighted by molar-refractivity contribution is 0.466. The second-order valence-corrected chi connectivity index (χ2v) is 6.28. The zero-order valence-corrected chi connectivity index (χ0v) is 13.7. The number of benzene rings is 4. The number of fused-ring (bicyclic) bond motifs is 2. The molecule has 0 aliphatic heterocycles. The van der Waals surface area contributed by atoms with Crippen LogP contribution in [0.2, 0.25) is 0 Å².